The van der Waals surface area contributed by atoms with Crippen molar-refractivity contribution in [2.45, 2.75) is 33.0 Å². The zero-order valence-electron chi connectivity index (χ0n) is 14.8. The zero-order chi connectivity index (χ0) is 17.8. The van der Waals surface area contributed by atoms with Crippen LogP contribution in [0.25, 0.3) is 0 Å². The fourth-order valence-corrected chi connectivity index (χ4v) is 3.27. The Morgan fingerprint density at radius 2 is 2.16 bits per heavy atom. The van der Waals surface area contributed by atoms with Crippen molar-refractivity contribution in [2.75, 3.05) is 19.6 Å². The predicted molar refractivity (Wildman–Crippen MR) is 96.1 cm³/mol. The number of amides is 1. The minimum absolute atomic E-state index is 0.000481. The van der Waals surface area contributed by atoms with Gasteiger partial charge in [0.15, 0.2) is 0 Å². The summed E-state index contributed by atoms with van der Waals surface area (Å²) in [5, 5.41) is 0. The number of hydrogen-bond acceptors (Lipinski definition) is 4. The van der Waals surface area contributed by atoms with Crippen LogP contribution in [-0.4, -0.2) is 50.9 Å². The molecule has 132 valence electrons. The molecule has 0 radical (unpaired) electrons. The summed E-state index contributed by atoms with van der Waals surface area (Å²) >= 11 is 0. The number of carbonyl (C=O) groups is 1. The van der Waals surface area contributed by atoms with Crippen molar-refractivity contribution in [1.29, 1.82) is 0 Å². The van der Waals surface area contributed by atoms with Gasteiger partial charge in [0.25, 0.3) is 5.56 Å². The van der Waals surface area contributed by atoms with Gasteiger partial charge in [0, 0.05) is 56.9 Å². The fourth-order valence-electron chi connectivity index (χ4n) is 3.27. The van der Waals surface area contributed by atoms with Gasteiger partial charge in [0.2, 0.25) is 5.91 Å². The highest BCUT2D eigenvalue weighted by Gasteiger charge is 2.27. The molecule has 2 aromatic heterocycles. The molecule has 25 heavy (non-hydrogen) atoms. The minimum Gasteiger partial charge on any atom is -0.336 e. The average Bonchev–Trinajstić information content (AvgIpc) is 2.58. The molecule has 3 heterocycles. The van der Waals surface area contributed by atoms with Gasteiger partial charge in [-0.3, -0.25) is 19.5 Å². The summed E-state index contributed by atoms with van der Waals surface area (Å²) in [6, 6.07) is 7.54. The maximum Gasteiger partial charge on any atom is 0.251 e. The lowest BCUT2D eigenvalue weighted by Gasteiger charge is -2.40. The number of hydrogen-bond donors (Lipinski definition) is 0. The van der Waals surface area contributed by atoms with Crippen LogP contribution in [0, 0.1) is 6.92 Å². The summed E-state index contributed by atoms with van der Waals surface area (Å²) in [7, 11) is 0. The molecule has 1 aliphatic rings. The smallest absolute Gasteiger partial charge is 0.251 e. The highest BCUT2D eigenvalue weighted by atomic mass is 16.2. The van der Waals surface area contributed by atoms with E-state index >= 15 is 0 Å². The van der Waals surface area contributed by atoms with Gasteiger partial charge in [-0.15, -0.1) is 0 Å². The topological polar surface area (TPSA) is 58.4 Å². The van der Waals surface area contributed by atoms with Crippen LogP contribution in [0.5, 0.6) is 0 Å². The van der Waals surface area contributed by atoms with E-state index in [4.69, 9.17) is 0 Å². The molecule has 0 N–H and O–H groups in total. The Morgan fingerprint density at radius 3 is 2.84 bits per heavy atom. The first-order valence-electron chi connectivity index (χ1n) is 8.61. The molecule has 0 unspecified atom stereocenters. The molecule has 3 rings (SSSR count). The number of aromatic nitrogens is 2. The van der Waals surface area contributed by atoms with Gasteiger partial charge in [-0.2, -0.15) is 0 Å². The molecule has 6 nitrogen and oxygen atoms in total. The van der Waals surface area contributed by atoms with Crippen molar-refractivity contribution in [3.8, 4) is 0 Å². The fraction of sp³-hybridized carbons (Fsp3) is 0.421. The van der Waals surface area contributed by atoms with E-state index in [0.717, 1.165) is 25.2 Å². The van der Waals surface area contributed by atoms with Gasteiger partial charge in [-0.25, -0.2) is 0 Å². The van der Waals surface area contributed by atoms with E-state index in [1.54, 1.807) is 18.5 Å². The first kappa shape index (κ1) is 17.4. The molecule has 0 bridgehead atoms. The lowest BCUT2D eigenvalue weighted by Crippen LogP contribution is -2.54. The van der Waals surface area contributed by atoms with Crippen LogP contribution in [0.15, 0.2) is 47.7 Å². The molecule has 0 saturated carbocycles. The molecule has 0 aromatic carbocycles. The number of piperazine rings is 1. The summed E-state index contributed by atoms with van der Waals surface area (Å²) < 4.78 is 1.48. The van der Waals surface area contributed by atoms with Crippen LogP contribution >= 0.6 is 0 Å². The van der Waals surface area contributed by atoms with Gasteiger partial charge in [-0.05, 0) is 37.1 Å². The quantitative estimate of drug-likeness (QED) is 0.841. The maximum absolute atomic E-state index is 12.6. The van der Waals surface area contributed by atoms with Crippen molar-refractivity contribution >= 4 is 5.91 Å². The minimum atomic E-state index is -0.129. The highest BCUT2D eigenvalue weighted by Crippen LogP contribution is 2.13. The Balaban J connectivity index is 1.59. The third kappa shape index (κ3) is 4.33. The van der Waals surface area contributed by atoms with Crippen LogP contribution in [0.3, 0.4) is 0 Å². The summed E-state index contributed by atoms with van der Waals surface area (Å²) in [5.41, 5.74) is 1.96. The van der Waals surface area contributed by atoms with Crippen LogP contribution in [0.1, 0.15) is 18.1 Å². The molecular formula is C19H24N4O2. The third-order valence-corrected chi connectivity index (χ3v) is 4.62. The Bertz CT molecular complexity index is 788. The van der Waals surface area contributed by atoms with E-state index in [9.17, 15) is 9.59 Å². The predicted octanol–water partition coefficient (Wildman–Crippen LogP) is 1.28. The van der Waals surface area contributed by atoms with Gasteiger partial charge in [-0.1, -0.05) is 6.07 Å². The molecule has 1 amide bonds. The molecule has 0 spiro atoms. The van der Waals surface area contributed by atoms with Gasteiger partial charge >= 0.3 is 0 Å². The molecule has 0 aliphatic carbocycles. The van der Waals surface area contributed by atoms with E-state index in [2.05, 4.69) is 22.9 Å². The second-order valence-corrected chi connectivity index (χ2v) is 6.70. The van der Waals surface area contributed by atoms with Crippen molar-refractivity contribution in [1.82, 2.24) is 19.4 Å². The Kier molecular flexibility index (Phi) is 5.28. The van der Waals surface area contributed by atoms with E-state index in [1.807, 2.05) is 30.2 Å². The van der Waals surface area contributed by atoms with E-state index in [1.165, 1.54) is 10.1 Å². The molecule has 2 aromatic rings. The van der Waals surface area contributed by atoms with Crippen LogP contribution in [0.2, 0.25) is 0 Å². The number of pyridine rings is 2. The summed E-state index contributed by atoms with van der Waals surface area (Å²) in [6.45, 7) is 7.21. The van der Waals surface area contributed by atoms with Crippen LogP contribution in [0.4, 0.5) is 0 Å². The van der Waals surface area contributed by atoms with Crippen LogP contribution < -0.4 is 5.56 Å². The largest absolute Gasteiger partial charge is 0.336 e. The molecule has 1 atom stereocenters. The summed E-state index contributed by atoms with van der Waals surface area (Å²) in [5.74, 6) is -0.000481. The molecule has 1 fully saturated rings. The van der Waals surface area contributed by atoms with Crippen LogP contribution in [-0.2, 0) is 17.9 Å². The molecule has 1 saturated heterocycles. The zero-order valence-corrected chi connectivity index (χ0v) is 14.8. The molecule has 1 aliphatic heterocycles. The number of carbonyl (C=O) groups excluding carboxylic acids is 1. The number of rotatable bonds is 4. The first-order chi connectivity index (χ1) is 12.0. The average molecular weight is 340 g/mol. The van der Waals surface area contributed by atoms with Crippen molar-refractivity contribution in [3.05, 3.63) is 64.3 Å². The maximum atomic E-state index is 12.6. The lowest BCUT2D eigenvalue weighted by molar-refractivity contribution is -0.136. The van der Waals surface area contributed by atoms with Gasteiger partial charge in [0.1, 0.15) is 6.54 Å². The summed E-state index contributed by atoms with van der Waals surface area (Å²) in [4.78, 5) is 33.0. The monoisotopic (exact) mass is 340 g/mol. The standard InChI is InChI=1S/C19H24N4O2/c1-15-5-7-22(18(24)10-15)14-19(25)23-9-8-21(12-16(23)2)13-17-4-3-6-20-11-17/h3-7,10-11,16H,8-9,12-14H2,1-2H3/t16-/m1/s1. The van der Waals surface area contributed by atoms with E-state index in [-0.39, 0.29) is 24.1 Å². The van der Waals surface area contributed by atoms with Crippen molar-refractivity contribution < 1.29 is 4.79 Å². The second kappa shape index (κ2) is 7.61. The third-order valence-electron chi connectivity index (χ3n) is 4.62. The molecule has 6 heteroatoms. The molecular weight excluding hydrogens is 316 g/mol. The lowest BCUT2D eigenvalue weighted by atomic mass is 10.1. The highest BCUT2D eigenvalue weighted by molar-refractivity contribution is 5.76. The Hall–Kier alpha value is -2.47. The number of aryl methyl sites for hydroxylation is 1. The van der Waals surface area contributed by atoms with E-state index < -0.39 is 0 Å². The van der Waals surface area contributed by atoms with Gasteiger partial charge < -0.3 is 9.47 Å². The SMILES string of the molecule is Cc1ccn(CC(=O)N2CCN(Cc3cccnc3)C[C@H]2C)c(=O)c1. The first-order valence-corrected chi connectivity index (χ1v) is 8.61. The normalized spacial score (nSPS) is 18.3. The van der Waals surface area contributed by atoms with Crippen molar-refractivity contribution in [3.63, 3.8) is 0 Å². The number of nitrogens with zero attached hydrogens (tertiary/aromatic N) is 4. The van der Waals surface area contributed by atoms with Gasteiger partial charge in [0.05, 0.1) is 0 Å². The Labute approximate surface area is 147 Å². The van der Waals surface area contributed by atoms with Crippen molar-refractivity contribution in [2.24, 2.45) is 0 Å². The second-order valence-electron chi connectivity index (χ2n) is 6.70. The summed E-state index contributed by atoms with van der Waals surface area (Å²) in [6.07, 6.45) is 5.35. The Morgan fingerprint density at radius 1 is 1.32 bits per heavy atom. The van der Waals surface area contributed by atoms with E-state index in [0.29, 0.717) is 6.54 Å².